The summed E-state index contributed by atoms with van der Waals surface area (Å²) < 4.78 is 0. The van der Waals surface area contributed by atoms with Gasteiger partial charge in [0.25, 0.3) is 0 Å². The maximum absolute atomic E-state index is 5.39. The van der Waals surface area contributed by atoms with Gasteiger partial charge in [-0.25, -0.2) is 0 Å². The van der Waals surface area contributed by atoms with Crippen molar-refractivity contribution in [2.75, 3.05) is 19.6 Å². The summed E-state index contributed by atoms with van der Waals surface area (Å²) in [5.74, 6) is 0. The highest BCUT2D eigenvalue weighted by Crippen LogP contribution is 2.07. The normalized spacial score (nSPS) is 17.3. The molecule has 2 N–H and O–H groups in total. The Hall–Kier alpha value is 0.140. The van der Waals surface area contributed by atoms with Crippen molar-refractivity contribution in [2.24, 2.45) is 5.73 Å². The molecule has 12 heavy (non-hydrogen) atoms. The lowest BCUT2D eigenvalue weighted by molar-refractivity contribution is 0.336. The first-order valence-corrected chi connectivity index (χ1v) is 4.70. The number of nitrogens with two attached hydrogens (primary N) is 1. The Morgan fingerprint density at radius 2 is 1.92 bits per heavy atom. The highest BCUT2D eigenvalue weighted by atomic mass is 35.5. The van der Waals surface area contributed by atoms with Crippen LogP contribution in [0.25, 0.3) is 0 Å². The molecule has 0 aromatic heterocycles. The lowest BCUT2D eigenvalue weighted by Gasteiger charge is -2.13. The van der Waals surface area contributed by atoms with Crippen LogP contribution in [0.1, 0.15) is 25.7 Å². The van der Waals surface area contributed by atoms with E-state index in [9.17, 15) is 0 Å². The molecule has 1 fully saturated rings. The third-order valence-corrected chi connectivity index (χ3v) is 2.30. The smallest absolute Gasteiger partial charge is 0.0727 e. The molecule has 0 saturated carbocycles. The number of halogens is 1. The molecule has 0 bridgehead atoms. The summed E-state index contributed by atoms with van der Waals surface area (Å²) in [6, 6.07) is 0. The molecule has 72 valence electrons. The average Bonchev–Trinajstić information content (AvgIpc) is 2.39. The molecule has 0 amide bonds. The van der Waals surface area contributed by atoms with Gasteiger partial charge in [-0.1, -0.05) is 12.2 Å². The van der Waals surface area contributed by atoms with Crippen molar-refractivity contribution in [2.45, 2.75) is 25.7 Å². The van der Waals surface area contributed by atoms with Gasteiger partial charge in [-0.3, -0.25) is 0 Å². The van der Waals surface area contributed by atoms with Crippen LogP contribution in [0, 0.1) is 0 Å². The fourth-order valence-corrected chi connectivity index (χ4v) is 1.63. The van der Waals surface area contributed by atoms with Crippen LogP contribution in [-0.2, 0) is 0 Å². The van der Waals surface area contributed by atoms with Crippen LogP contribution >= 0.6 is 24.6 Å². The third-order valence-electron chi connectivity index (χ3n) is 2.10. The van der Waals surface area contributed by atoms with E-state index in [1.807, 2.05) is 0 Å². The van der Waals surface area contributed by atoms with Gasteiger partial charge in [-0.05, 0) is 45.3 Å². The Morgan fingerprint density at radius 1 is 1.33 bits per heavy atom. The summed E-state index contributed by atoms with van der Waals surface area (Å²) >= 11 is 4.79. The molecule has 0 aromatic rings. The van der Waals surface area contributed by atoms with E-state index in [0.717, 1.165) is 12.8 Å². The van der Waals surface area contributed by atoms with Gasteiger partial charge in [0.15, 0.2) is 0 Å². The third kappa shape index (κ3) is 4.91. The van der Waals surface area contributed by atoms with E-state index in [0.29, 0.717) is 4.99 Å². The predicted octanol–water partition coefficient (Wildman–Crippen LogP) is 1.57. The Morgan fingerprint density at radius 3 is 2.42 bits per heavy atom. The van der Waals surface area contributed by atoms with Crippen molar-refractivity contribution in [1.29, 1.82) is 0 Å². The van der Waals surface area contributed by atoms with E-state index < -0.39 is 0 Å². The van der Waals surface area contributed by atoms with Gasteiger partial charge in [0.05, 0.1) is 4.99 Å². The quantitative estimate of drug-likeness (QED) is 0.712. The van der Waals surface area contributed by atoms with Gasteiger partial charge >= 0.3 is 0 Å². The minimum atomic E-state index is 0. The molecule has 0 aliphatic carbocycles. The van der Waals surface area contributed by atoms with Gasteiger partial charge in [0.1, 0.15) is 0 Å². The first kappa shape index (κ1) is 12.1. The zero-order valence-electron chi connectivity index (χ0n) is 7.29. The van der Waals surface area contributed by atoms with Crippen LogP contribution in [0.4, 0.5) is 0 Å². The zero-order valence-corrected chi connectivity index (χ0v) is 8.92. The molecule has 1 saturated heterocycles. The summed E-state index contributed by atoms with van der Waals surface area (Å²) in [7, 11) is 0. The van der Waals surface area contributed by atoms with Crippen molar-refractivity contribution >= 4 is 29.6 Å². The fourth-order valence-electron chi connectivity index (χ4n) is 1.48. The summed E-state index contributed by atoms with van der Waals surface area (Å²) in [4.78, 5) is 3.14. The van der Waals surface area contributed by atoms with Crippen LogP contribution in [0.3, 0.4) is 0 Å². The lowest BCUT2D eigenvalue weighted by atomic mass is 10.3. The predicted molar refractivity (Wildman–Crippen MR) is 58.9 cm³/mol. The Kier molecular flexibility index (Phi) is 6.71. The van der Waals surface area contributed by atoms with Crippen molar-refractivity contribution in [1.82, 2.24) is 4.90 Å². The standard InChI is InChI=1S/C8H16N2S.ClH/c9-8(11)4-3-7-10-5-1-2-6-10;/h1-7H2,(H2,9,11);1H. The molecule has 0 radical (unpaired) electrons. The summed E-state index contributed by atoms with van der Waals surface area (Å²) in [6.45, 7) is 3.73. The fraction of sp³-hybridized carbons (Fsp3) is 0.875. The van der Waals surface area contributed by atoms with Gasteiger partial charge in [0.2, 0.25) is 0 Å². The topological polar surface area (TPSA) is 29.3 Å². The number of hydrogen-bond acceptors (Lipinski definition) is 2. The second-order valence-corrected chi connectivity index (χ2v) is 3.64. The molecule has 0 aromatic carbocycles. The summed E-state index contributed by atoms with van der Waals surface area (Å²) in [6.07, 6.45) is 4.78. The van der Waals surface area contributed by atoms with Gasteiger partial charge in [0, 0.05) is 0 Å². The van der Waals surface area contributed by atoms with E-state index in [1.54, 1.807) is 0 Å². The first-order chi connectivity index (χ1) is 5.29. The zero-order chi connectivity index (χ0) is 8.10. The molecule has 2 nitrogen and oxygen atoms in total. The number of rotatable bonds is 4. The van der Waals surface area contributed by atoms with E-state index in [-0.39, 0.29) is 12.4 Å². The molecule has 1 aliphatic heterocycles. The Labute approximate surface area is 85.9 Å². The number of hydrogen-bond donors (Lipinski definition) is 1. The molecule has 0 spiro atoms. The van der Waals surface area contributed by atoms with Crippen molar-refractivity contribution < 1.29 is 0 Å². The van der Waals surface area contributed by atoms with Crippen LogP contribution in [0.2, 0.25) is 0 Å². The maximum Gasteiger partial charge on any atom is 0.0727 e. The highest BCUT2D eigenvalue weighted by molar-refractivity contribution is 7.80. The minimum Gasteiger partial charge on any atom is -0.393 e. The van der Waals surface area contributed by atoms with Crippen LogP contribution < -0.4 is 5.73 Å². The maximum atomic E-state index is 5.39. The largest absolute Gasteiger partial charge is 0.393 e. The van der Waals surface area contributed by atoms with E-state index in [1.165, 1.54) is 32.5 Å². The molecule has 0 unspecified atom stereocenters. The van der Waals surface area contributed by atoms with Crippen LogP contribution in [-0.4, -0.2) is 29.5 Å². The van der Waals surface area contributed by atoms with E-state index in [2.05, 4.69) is 4.90 Å². The molecular weight excluding hydrogens is 192 g/mol. The molecule has 4 heteroatoms. The van der Waals surface area contributed by atoms with Crippen molar-refractivity contribution in [3.63, 3.8) is 0 Å². The molecule has 0 atom stereocenters. The van der Waals surface area contributed by atoms with Crippen molar-refractivity contribution in [3.05, 3.63) is 0 Å². The van der Waals surface area contributed by atoms with Crippen LogP contribution in [0.5, 0.6) is 0 Å². The van der Waals surface area contributed by atoms with Gasteiger partial charge in [-0.2, -0.15) is 0 Å². The molecule has 1 aliphatic rings. The molecule has 1 rings (SSSR count). The Balaban J connectivity index is 0.00000121. The molecular formula is C8H17ClN2S. The number of likely N-dealkylation sites (tertiary alicyclic amines) is 1. The monoisotopic (exact) mass is 208 g/mol. The van der Waals surface area contributed by atoms with E-state index in [4.69, 9.17) is 18.0 Å². The SMILES string of the molecule is Cl.NC(=S)CCCN1CCCC1. The summed E-state index contributed by atoms with van der Waals surface area (Å²) in [5, 5.41) is 0. The van der Waals surface area contributed by atoms with Gasteiger partial charge in [-0.15, -0.1) is 12.4 Å². The van der Waals surface area contributed by atoms with Gasteiger partial charge < -0.3 is 10.6 Å². The molecule has 1 heterocycles. The van der Waals surface area contributed by atoms with Crippen molar-refractivity contribution in [3.8, 4) is 0 Å². The number of thiocarbonyl (C=S) groups is 1. The Bertz CT molecular complexity index is 135. The van der Waals surface area contributed by atoms with Crippen LogP contribution in [0.15, 0.2) is 0 Å². The minimum absolute atomic E-state index is 0. The van der Waals surface area contributed by atoms with E-state index >= 15 is 0 Å². The lowest BCUT2D eigenvalue weighted by Crippen LogP contribution is -2.21. The first-order valence-electron chi connectivity index (χ1n) is 4.30. The highest BCUT2D eigenvalue weighted by Gasteiger charge is 2.09. The summed E-state index contributed by atoms with van der Waals surface area (Å²) in [5.41, 5.74) is 5.39. The second-order valence-electron chi connectivity index (χ2n) is 3.12. The number of nitrogens with zero attached hydrogens (tertiary/aromatic N) is 1. The average molecular weight is 209 g/mol. The second kappa shape index (κ2) is 6.63.